The standard InChI is InChI=1S/C15H24N2O3/c1-5-20-15(18)12-8-11(16)6-7-13(12)17-14(9-19-4)10(2)3/h6-8,10,14,17H,5,9,16H2,1-4H3. The van der Waals surface area contributed by atoms with Gasteiger partial charge in [-0.05, 0) is 31.0 Å². The number of nitrogens with two attached hydrogens (primary N) is 1. The number of ether oxygens (including phenoxy) is 2. The number of carbonyl (C=O) groups is 1. The maximum atomic E-state index is 12.0. The Morgan fingerprint density at radius 3 is 2.65 bits per heavy atom. The summed E-state index contributed by atoms with van der Waals surface area (Å²) in [5, 5.41) is 3.33. The Balaban J connectivity index is 3.01. The van der Waals surface area contributed by atoms with Gasteiger partial charge in [-0.25, -0.2) is 4.79 Å². The lowest BCUT2D eigenvalue weighted by Crippen LogP contribution is -2.31. The first-order valence-corrected chi connectivity index (χ1v) is 6.81. The third kappa shape index (κ3) is 4.42. The van der Waals surface area contributed by atoms with Crippen molar-refractivity contribution in [3.8, 4) is 0 Å². The van der Waals surface area contributed by atoms with Gasteiger partial charge in [-0.3, -0.25) is 0 Å². The summed E-state index contributed by atoms with van der Waals surface area (Å²) < 4.78 is 10.3. The molecule has 0 radical (unpaired) electrons. The molecule has 5 nitrogen and oxygen atoms in total. The average molecular weight is 280 g/mol. The largest absolute Gasteiger partial charge is 0.462 e. The molecule has 3 N–H and O–H groups in total. The van der Waals surface area contributed by atoms with Gasteiger partial charge in [0.2, 0.25) is 0 Å². The van der Waals surface area contributed by atoms with Crippen LogP contribution >= 0.6 is 0 Å². The predicted octanol–water partition coefficient (Wildman–Crippen LogP) is 2.53. The van der Waals surface area contributed by atoms with Gasteiger partial charge >= 0.3 is 5.97 Å². The van der Waals surface area contributed by atoms with Crippen molar-refractivity contribution < 1.29 is 14.3 Å². The molecule has 1 aromatic carbocycles. The first-order chi connectivity index (χ1) is 9.49. The maximum absolute atomic E-state index is 12.0. The maximum Gasteiger partial charge on any atom is 0.340 e. The van der Waals surface area contributed by atoms with Gasteiger partial charge in [-0.2, -0.15) is 0 Å². The molecule has 0 fully saturated rings. The molecule has 1 aromatic rings. The quantitative estimate of drug-likeness (QED) is 0.593. The van der Waals surface area contributed by atoms with Crippen LogP contribution < -0.4 is 11.1 Å². The smallest absolute Gasteiger partial charge is 0.340 e. The fraction of sp³-hybridized carbons (Fsp3) is 0.533. The molecule has 1 atom stereocenters. The Bertz CT molecular complexity index is 447. The molecule has 0 aliphatic rings. The molecule has 0 aliphatic carbocycles. The molecule has 0 amide bonds. The molecule has 5 heteroatoms. The summed E-state index contributed by atoms with van der Waals surface area (Å²) in [7, 11) is 1.66. The van der Waals surface area contributed by atoms with Crippen molar-refractivity contribution in [3.63, 3.8) is 0 Å². The van der Waals surface area contributed by atoms with Crippen LogP contribution in [-0.4, -0.2) is 32.3 Å². The first kappa shape index (κ1) is 16.3. The molecule has 20 heavy (non-hydrogen) atoms. The molecule has 0 bridgehead atoms. The second kappa shape index (κ2) is 7.75. The minimum atomic E-state index is -0.373. The van der Waals surface area contributed by atoms with Gasteiger partial charge in [0, 0.05) is 18.5 Å². The molecule has 0 heterocycles. The van der Waals surface area contributed by atoms with Gasteiger partial charge in [-0.15, -0.1) is 0 Å². The number of anilines is 2. The highest BCUT2D eigenvalue weighted by Gasteiger charge is 2.18. The summed E-state index contributed by atoms with van der Waals surface area (Å²) in [6.45, 7) is 6.86. The number of carbonyl (C=O) groups excluding carboxylic acids is 1. The summed E-state index contributed by atoms with van der Waals surface area (Å²) in [6, 6.07) is 5.30. The van der Waals surface area contributed by atoms with Crippen LogP contribution in [0.4, 0.5) is 11.4 Å². The number of nitrogen functional groups attached to an aromatic ring is 1. The van der Waals surface area contributed by atoms with Crippen LogP contribution in [0.15, 0.2) is 18.2 Å². The normalized spacial score (nSPS) is 12.2. The van der Waals surface area contributed by atoms with Gasteiger partial charge in [0.1, 0.15) is 0 Å². The zero-order valence-electron chi connectivity index (χ0n) is 12.6. The lowest BCUT2D eigenvalue weighted by Gasteiger charge is -2.24. The van der Waals surface area contributed by atoms with Crippen LogP contribution in [0.5, 0.6) is 0 Å². The Labute approximate surface area is 120 Å². The van der Waals surface area contributed by atoms with E-state index < -0.39 is 0 Å². The molecule has 1 unspecified atom stereocenters. The Morgan fingerprint density at radius 2 is 2.10 bits per heavy atom. The van der Waals surface area contributed by atoms with Crippen molar-refractivity contribution in [2.24, 2.45) is 5.92 Å². The molecular formula is C15H24N2O3. The van der Waals surface area contributed by atoms with Crippen LogP contribution in [-0.2, 0) is 9.47 Å². The highest BCUT2D eigenvalue weighted by molar-refractivity contribution is 5.96. The SMILES string of the molecule is CCOC(=O)c1cc(N)ccc1NC(COC)C(C)C. The number of methoxy groups -OCH3 is 1. The third-order valence-corrected chi connectivity index (χ3v) is 3.03. The van der Waals surface area contributed by atoms with E-state index in [0.29, 0.717) is 36.1 Å². The number of hydrogen-bond donors (Lipinski definition) is 2. The minimum Gasteiger partial charge on any atom is -0.462 e. The Kier molecular flexibility index (Phi) is 6.31. The average Bonchev–Trinajstić information content (AvgIpc) is 2.40. The van der Waals surface area contributed by atoms with Crippen molar-refractivity contribution in [2.45, 2.75) is 26.8 Å². The van der Waals surface area contributed by atoms with E-state index in [1.807, 2.05) is 0 Å². The second-order valence-electron chi connectivity index (χ2n) is 4.98. The Hall–Kier alpha value is -1.75. The molecule has 112 valence electrons. The fourth-order valence-corrected chi connectivity index (χ4v) is 1.85. The summed E-state index contributed by atoms with van der Waals surface area (Å²) in [6.07, 6.45) is 0. The van der Waals surface area contributed by atoms with E-state index in [9.17, 15) is 4.79 Å². The lowest BCUT2D eigenvalue weighted by molar-refractivity contribution is 0.0527. The van der Waals surface area contributed by atoms with Gasteiger partial charge in [0.25, 0.3) is 0 Å². The van der Waals surface area contributed by atoms with E-state index in [1.54, 1.807) is 32.2 Å². The minimum absolute atomic E-state index is 0.108. The fourth-order valence-electron chi connectivity index (χ4n) is 1.85. The summed E-state index contributed by atoms with van der Waals surface area (Å²) >= 11 is 0. The van der Waals surface area contributed by atoms with Crippen molar-refractivity contribution in [1.82, 2.24) is 0 Å². The van der Waals surface area contributed by atoms with Crippen LogP contribution in [0.1, 0.15) is 31.1 Å². The molecule has 0 spiro atoms. The second-order valence-corrected chi connectivity index (χ2v) is 4.98. The van der Waals surface area contributed by atoms with Gasteiger partial charge < -0.3 is 20.5 Å². The number of rotatable bonds is 7. The first-order valence-electron chi connectivity index (χ1n) is 6.81. The summed E-state index contributed by atoms with van der Waals surface area (Å²) in [4.78, 5) is 12.0. The number of esters is 1. The van der Waals surface area contributed by atoms with Crippen molar-refractivity contribution in [2.75, 3.05) is 31.4 Å². The van der Waals surface area contributed by atoms with E-state index in [0.717, 1.165) is 0 Å². The zero-order chi connectivity index (χ0) is 15.1. The highest BCUT2D eigenvalue weighted by Crippen LogP contribution is 2.22. The predicted molar refractivity (Wildman–Crippen MR) is 80.9 cm³/mol. The highest BCUT2D eigenvalue weighted by atomic mass is 16.5. The van der Waals surface area contributed by atoms with E-state index in [2.05, 4.69) is 19.2 Å². The van der Waals surface area contributed by atoms with E-state index in [1.165, 1.54) is 0 Å². The Morgan fingerprint density at radius 1 is 1.40 bits per heavy atom. The van der Waals surface area contributed by atoms with Crippen LogP contribution in [0.25, 0.3) is 0 Å². The lowest BCUT2D eigenvalue weighted by atomic mass is 10.0. The molecule has 0 aliphatic heterocycles. The van der Waals surface area contributed by atoms with Crippen molar-refractivity contribution in [1.29, 1.82) is 0 Å². The molecular weight excluding hydrogens is 256 g/mol. The number of hydrogen-bond acceptors (Lipinski definition) is 5. The van der Waals surface area contributed by atoms with Crippen molar-refractivity contribution >= 4 is 17.3 Å². The third-order valence-electron chi connectivity index (χ3n) is 3.03. The monoisotopic (exact) mass is 280 g/mol. The van der Waals surface area contributed by atoms with Gasteiger partial charge in [-0.1, -0.05) is 13.8 Å². The van der Waals surface area contributed by atoms with E-state index in [-0.39, 0.29) is 12.0 Å². The van der Waals surface area contributed by atoms with Crippen molar-refractivity contribution in [3.05, 3.63) is 23.8 Å². The van der Waals surface area contributed by atoms with Crippen LogP contribution in [0, 0.1) is 5.92 Å². The zero-order valence-corrected chi connectivity index (χ0v) is 12.6. The number of benzene rings is 1. The summed E-state index contributed by atoms with van der Waals surface area (Å²) in [5.74, 6) is -0.00947. The summed E-state index contributed by atoms with van der Waals surface area (Å²) in [5.41, 5.74) is 7.45. The molecule has 1 rings (SSSR count). The number of nitrogens with one attached hydrogen (secondary N) is 1. The van der Waals surface area contributed by atoms with Gasteiger partial charge in [0.15, 0.2) is 0 Å². The topological polar surface area (TPSA) is 73.6 Å². The van der Waals surface area contributed by atoms with Crippen LogP contribution in [0.3, 0.4) is 0 Å². The van der Waals surface area contributed by atoms with Gasteiger partial charge in [0.05, 0.1) is 24.8 Å². The van der Waals surface area contributed by atoms with E-state index in [4.69, 9.17) is 15.2 Å². The molecule has 0 saturated carbocycles. The van der Waals surface area contributed by atoms with E-state index >= 15 is 0 Å². The molecule has 0 saturated heterocycles. The van der Waals surface area contributed by atoms with Crippen LogP contribution in [0.2, 0.25) is 0 Å². The molecule has 0 aromatic heterocycles.